The highest BCUT2D eigenvalue weighted by Gasteiger charge is 2.13. The smallest absolute Gasteiger partial charge is 0.0544 e. The van der Waals surface area contributed by atoms with E-state index >= 15 is 0 Å². The summed E-state index contributed by atoms with van der Waals surface area (Å²) >= 11 is 0. The van der Waals surface area contributed by atoms with Gasteiger partial charge in [0.1, 0.15) is 0 Å². The fourth-order valence-electron chi connectivity index (χ4n) is 3.00. The van der Waals surface area contributed by atoms with Crippen LogP contribution in [0.15, 0.2) is 48.8 Å². The molecular formula is C22H35N3OS. The van der Waals surface area contributed by atoms with Crippen LogP contribution in [0.3, 0.4) is 0 Å². The lowest BCUT2D eigenvalue weighted by atomic mass is 10.1. The molecule has 0 aliphatic heterocycles. The second-order valence-electron chi connectivity index (χ2n) is 8.14. The lowest BCUT2D eigenvalue weighted by Gasteiger charge is -2.26. The monoisotopic (exact) mass is 389 g/mol. The van der Waals surface area contributed by atoms with Crippen LogP contribution >= 0.6 is 10.0 Å². The van der Waals surface area contributed by atoms with Crippen LogP contribution in [0.2, 0.25) is 0 Å². The number of nitrogens with zero attached hydrogens (tertiary/aromatic N) is 3. The number of rotatable bonds is 12. The quantitative estimate of drug-likeness (QED) is 0.510. The lowest BCUT2D eigenvalue weighted by Crippen LogP contribution is -2.30. The zero-order chi connectivity index (χ0) is 19.5. The van der Waals surface area contributed by atoms with Gasteiger partial charge in [-0.1, -0.05) is 19.1 Å². The molecule has 0 aliphatic rings. The van der Waals surface area contributed by atoms with Crippen molar-refractivity contribution < 1.29 is 4.74 Å². The molecule has 0 aromatic carbocycles. The van der Waals surface area contributed by atoms with E-state index in [1.165, 1.54) is 5.75 Å². The summed E-state index contributed by atoms with van der Waals surface area (Å²) in [5.74, 6) is 1.76. The standard InChI is InChI=1S/C22H35N3OS/c1-20(19-26-14-9-15-27(2,3)4)16-25(17-21-10-5-7-12-23-21)18-22-11-6-8-13-24-22/h5-8,10-13,20H,9,14-19H2,1-4H3. The number of ether oxygens (including phenoxy) is 1. The van der Waals surface area contributed by atoms with Crippen LogP contribution < -0.4 is 0 Å². The van der Waals surface area contributed by atoms with Crippen LogP contribution in [-0.4, -0.2) is 59.1 Å². The molecule has 0 N–H and O–H groups in total. The molecule has 0 saturated heterocycles. The van der Waals surface area contributed by atoms with Crippen molar-refractivity contribution in [2.45, 2.75) is 26.4 Å². The number of hydrogen-bond acceptors (Lipinski definition) is 4. The van der Waals surface area contributed by atoms with Gasteiger partial charge in [0.05, 0.1) is 18.0 Å². The fraction of sp³-hybridized carbons (Fsp3) is 0.545. The Morgan fingerprint density at radius 3 is 2.04 bits per heavy atom. The molecule has 0 aliphatic carbocycles. The third kappa shape index (κ3) is 9.89. The molecule has 0 radical (unpaired) electrons. The second kappa shape index (κ2) is 11.4. The van der Waals surface area contributed by atoms with Crippen molar-refractivity contribution in [2.75, 3.05) is 44.3 Å². The van der Waals surface area contributed by atoms with Gasteiger partial charge in [-0.3, -0.25) is 14.9 Å². The van der Waals surface area contributed by atoms with Gasteiger partial charge in [-0.25, -0.2) is 10.0 Å². The van der Waals surface area contributed by atoms with Crippen molar-refractivity contribution in [3.05, 3.63) is 60.2 Å². The number of hydrogen-bond donors (Lipinski definition) is 0. The van der Waals surface area contributed by atoms with E-state index in [-0.39, 0.29) is 0 Å². The van der Waals surface area contributed by atoms with Crippen LogP contribution in [0.5, 0.6) is 0 Å². The Morgan fingerprint density at radius 2 is 1.56 bits per heavy atom. The first-order valence-electron chi connectivity index (χ1n) is 9.68. The largest absolute Gasteiger partial charge is 0.381 e. The molecule has 2 aromatic rings. The van der Waals surface area contributed by atoms with E-state index in [4.69, 9.17) is 4.74 Å². The normalized spacial score (nSPS) is 13.7. The minimum Gasteiger partial charge on any atom is -0.381 e. The topological polar surface area (TPSA) is 38.2 Å². The van der Waals surface area contributed by atoms with E-state index in [0.29, 0.717) is 5.92 Å². The van der Waals surface area contributed by atoms with Gasteiger partial charge in [0.25, 0.3) is 0 Å². The van der Waals surface area contributed by atoms with Crippen LogP contribution in [0.1, 0.15) is 24.7 Å². The third-order valence-electron chi connectivity index (χ3n) is 4.24. The van der Waals surface area contributed by atoms with E-state index in [1.807, 2.05) is 36.7 Å². The average molecular weight is 390 g/mol. The van der Waals surface area contributed by atoms with E-state index in [2.05, 4.69) is 52.7 Å². The SMILES string of the molecule is CC(COCCCS(C)(C)C)CN(Cc1ccccn1)Cc1ccccn1. The summed E-state index contributed by atoms with van der Waals surface area (Å²) in [5, 5.41) is 0. The molecule has 0 spiro atoms. The van der Waals surface area contributed by atoms with Crippen LogP contribution in [-0.2, 0) is 17.8 Å². The number of pyridine rings is 2. The summed E-state index contributed by atoms with van der Waals surface area (Å²) in [7, 11) is -0.415. The van der Waals surface area contributed by atoms with Crippen molar-refractivity contribution in [3.63, 3.8) is 0 Å². The maximum Gasteiger partial charge on any atom is 0.0544 e. The molecule has 0 amide bonds. The predicted octanol–water partition coefficient (Wildman–Crippen LogP) is 4.22. The molecule has 0 saturated carbocycles. The minimum absolute atomic E-state index is 0.415. The van der Waals surface area contributed by atoms with Crippen LogP contribution in [0, 0.1) is 5.92 Å². The first-order valence-corrected chi connectivity index (χ1v) is 12.7. The Hall–Kier alpha value is -1.43. The highest BCUT2D eigenvalue weighted by Crippen LogP contribution is 2.34. The van der Waals surface area contributed by atoms with Crippen molar-refractivity contribution in [1.82, 2.24) is 14.9 Å². The van der Waals surface area contributed by atoms with E-state index in [9.17, 15) is 0 Å². The van der Waals surface area contributed by atoms with Gasteiger partial charge in [-0.15, -0.1) is 0 Å². The maximum atomic E-state index is 5.95. The molecule has 150 valence electrons. The maximum absolute atomic E-state index is 5.95. The van der Waals surface area contributed by atoms with Gasteiger partial charge < -0.3 is 4.74 Å². The van der Waals surface area contributed by atoms with Crippen LogP contribution in [0.4, 0.5) is 0 Å². The molecular weight excluding hydrogens is 354 g/mol. The Labute approximate surface area is 166 Å². The minimum atomic E-state index is -0.415. The molecule has 27 heavy (non-hydrogen) atoms. The predicted molar refractivity (Wildman–Crippen MR) is 117 cm³/mol. The fourth-order valence-corrected chi connectivity index (χ4v) is 3.98. The van der Waals surface area contributed by atoms with Gasteiger partial charge in [-0.2, -0.15) is 0 Å². The zero-order valence-electron chi connectivity index (χ0n) is 17.3. The van der Waals surface area contributed by atoms with Gasteiger partial charge >= 0.3 is 0 Å². The molecule has 2 rings (SSSR count). The summed E-state index contributed by atoms with van der Waals surface area (Å²) in [6.07, 6.45) is 12.0. The summed E-state index contributed by atoms with van der Waals surface area (Å²) in [6.45, 7) is 6.57. The van der Waals surface area contributed by atoms with E-state index < -0.39 is 10.0 Å². The van der Waals surface area contributed by atoms with E-state index in [0.717, 1.165) is 50.7 Å². The number of aromatic nitrogens is 2. The van der Waals surface area contributed by atoms with Gasteiger partial charge in [0, 0.05) is 38.6 Å². The Balaban J connectivity index is 1.83. The van der Waals surface area contributed by atoms with Gasteiger partial charge in [-0.05, 0) is 61.1 Å². The Kier molecular flexibility index (Phi) is 9.25. The molecule has 5 heteroatoms. The molecule has 2 aromatic heterocycles. The van der Waals surface area contributed by atoms with Crippen molar-refractivity contribution in [3.8, 4) is 0 Å². The average Bonchev–Trinajstić information content (AvgIpc) is 2.62. The van der Waals surface area contributed by atoms with E-state index in [1.54, 1.807) is 0 Å². The molecule has 0 bridgehead atoms. The van der Waals surface area contributed by atoms with Crippen molar-refractivity contribution >= 4 is 10.0 Å². The highest BCUT2D eigenvalue weighted by molar-refractivity contribution is 8.32. The molecule has 1 atom stereocenters. The summed E-state index contributed by atoms with van der Waals surface area (Å²) in [5.41, 5.74) is 2.18. The summed E-state index contributed by atoms with van der Waals surface area (Å²) in [6, 6.07) is 12.2. The highest BCUT2D eigenvalue weighted by atomic mass is 32.3. The first kappa shape index (κ1) is 21.9. The molecule has 0 fully saturated rings. The summed E-state index contributed by atoms with van der Waals surface area (Å²) < 4.78 is 5.95. The second-order valence-corrected chi connectivity index (χ2v) is 12.7. The Bertz CT molecular complexity index is 590. The van der Waals surface area contributed by atoms with Crippen LogP contribution in [0.25, 0.3) is 0 Å². The van der Waals surface area contributed by atoms with Gasteiger partial charge in [0.2, 0.25) is 0 Å². The molecule has 2 heterocycles. The Morgan fingerprint density at radius 1 is 0.963 bits per heavy atom. The third-order valence-corrected chi connectivity index (χ3v) is 5.75. The molecule has 1 unspecified atom stereocenters. The van der Waals surface area contributed by atoms with Crippen molar-refractivity contribution in [1.29, 1.82) is 0 Å². The summed E-state index contributed by atoms with van der Waals surface area (Å²) in [4.78, 5) is 11.4. The van der Waals surface area contributed by atoms with Gasteiger partial charge in [0.15, 0.2) is 0 Å². The van der Waals surface area contributed by atoms with Crippen molar-refractivity contribution in [2.24, 2.45) is 5.92 Å². The first-order chi connectivity index (χ1) is 12.9. The molecule has 4 nitrogen and oxygen atoms in total. The lowest BCUT2D eigenvalue weighted by molar-refractivity contribution is 0.0845. The zero-order valence-corrected chi connectivity index (χ0v) is 18.1.